The number of pyridine rings is 1. The summed E-state index contributed by atoms with van der Waals surface area (Å²) in [6.45, 7) is -0.405. The van der Waals surface area contributed by atoms with E-state index in [4.69, 9.17) is 9.84 Å². The molecule has 1 saturated carbocycles. The number of nitrogens with one attached hydrogen (secondary N) is 1. The summed E-state index contributed by atoms with van der Waals surface area (Å²) >= 11 is 0. The molecule has 2 amide bonds. The number of anilines is 1. The highest BCUT2D eigenvalue weighted by Gasteiger charge is 2.63. The van der Waals surface area contributed by atoms with Crippen LogP contribution < -0.4 is 10.1 Å². The number of halogens is 3. The monoisotopic (exact) mass is 517 g/mol. The van der Waals surface area contributed by atoms with Gasteiger partial charge in [-0.2, -0.15) is 9.78 Å². The molecule has 2 aliphatic rings. The highest BCUT2D eigenvalue weighted by atomic mass is 19.3. The first-order valence-electron chi connectivity index (χ1n) is 11.4. The first kappa shape index (κ1) is 24.5. The minimum absolute atomic E-state index is 0.0391. The van der Waals surface area contributed by atoms with Gasteiger partial charge in [-0.25, -0.2) is 22.9 Å². The molecule has 1 aromatic carbocycles. The lowest BCUT2D eigenvalue weighted by Gasteiger charge is -2.48. The summed E-state index contributed by atoms with van der Waals surface area (Å²) in [6, 6.07) is 7.67. The van der Waals surface area contributed by atoms with Gasteiger partial charge in [-0.15, -0.1) is 0 Å². The minimum atomic E-state index is -3.07. The van der Waals surface area contributed by atoms with Crippen molar-refractivity contribution >= 4 is 34.8 Å². The van der Waals surface area contributed by atoms with Crippen molar-refractivity contribution < 1.29 is 37.4 Å². The number of carbonyl (C=O) groups excluding carboxylic acids is 2. The van der Waals surface area contributed by atoms with E-state index < -0.39 is 60.8 Å². The lowest BCUT2D eigenvalue weighted by Crippen LogP contribution is -2.60. The number of benzene rings is 1. The zero-order chi connectivity index (χ0) is 26.5. The first-order valence-corrected chi connectivity index (χ1v) is 11.4. The van der Waals surface area contributed by atoms with Gasteiger partial charge in [-0.3, -0.25) is 9.59 Å². The van der Waals surface area contributed by atoms with Gasteiger partial charge in [-0.1, -0.05) is 12.1 Å². The van der Waals surface area contributed by atoms with E-state index in [2.05, 4.69) is 15.4 Å². The number of fused-ring (bicyclic) bond motifs is 1. The van der Waals surface area contributed by atoms with E-state index in [0.29, 0.717) is 16.0 Å². The molecule has 2 N–H and O–H groups in total. The standard InChI is InChI=1S/C24H22F3N5O5/c1-37-15-4-2-13(3-5-15)23(11-24(26,27)12-23)21(34)31-10-14(25)8-18(31)20(33)30-19-7-6-17-16(29-19)9-28-32(17)22(35)36/h2-7,9,14,18H,8,10-12H2,1H3,(H,35,36)(H,29,30,33)/t14-,18-/m1/s1. The highest BCUT2D eigenvalue weighted by molar-refractivity contribution is 6.00. The molecule has 0 bridgehead atoms. The Morgan fingerprint density at radius 3 is 2.46 bits per heavy atom. The predicted molar refractivity (Wildman–Crippen MR) is 123 cm³/mol. The van der Waals surface area contributed by atoms with E-state index in [-0.39, 0.29) is 23.3 Å². The quantitative estimate of drug-likeness (QED) is 0.532. The maximum atomic E-state index is 14.5. The highest BCUT2D eigenvalue weighted by Crippen LogP contribution is 2.55. The maximum Gasteiger partial charge on any atom is 0.432 e. The lowest BCUT2D eigenvalue weighted by atomic mass is 9.61. The Hall–Kier alpha value is -4.16. The Labute approximate surface area is 208 Å². The zero-order valence-corrected chi connectivity index (χ0v) is 19.5. The fourth-order valence-corrected chi connectivity index (χ4v) is 5.10. The van der Waals surface area contributed by atoms with Crippen molar-refractivity contribution in [2.24, 2.45) is 0 Å². The van der Waals surface area contributed by atoms with Gasteiger partial charge in [-0.05, 0) is 29.8 Å². The minimum Gasteiger partial charge on any atom is -0.497 e. The fraction of sp³-hybridized carbons (Fsp3) is 0.375. The number of hydrogen-bond donors (Lipinski definition) is 2. The summed E-state index contributed by atoms with van der Waals surface area (Å²) in [5.41, 5.74) is -0.869. The number of ether oxygens (including phenoxy) is 1. The van der Waals surface area contributed by atoms with Crippen molar-refractivity contribution in [2.75, 3.05) is 19.0 Å². The molecule has 194 valence electrons. The molecule has 1 saturated heterocycles. The van der Waals surface area contributed by atoms with Crippen molar-refractivity contribution in [3.8, 4) is 5.75 Å². The fourth-order valence-electron chi connectivity index (χ4n) is 5.10. The second kappa shape index (κ2) is 8.75. The molecule has 0 unspecified atom stereocenters. The predicted octanol–water partition coefficient (Wildman–Crippen LogP) is 3.21. The van der Waals surface area contributed by atoms with Crippen LogP contribution in [0.3, 0.4) is 0 Å². The van der Waals surface area contributed by atoms with Crippen LogP contribution in [-0.2, 0) is 15.0 Å². The van der Waals surface area contributed by atoms with Gasteiger partial charge in [0.25, 0.3) is 5.92 Å². The number of carboxylic acid groups (broad SMARTS) is 1. The zero-order valence-electron chi connectivity index (χ0n) is 19.5. The van der Waals surface area contributed by atoms with Gasteiger partial charge in [0, 0.05) is 19.3 Å². The number of hydrogen-bond acceptors (Lipinski definition) is 6. The molecular formula is C24H22F3N5O5. The van der Waals surface area contributed by atoms with E-state index >= 15 is 0 Å². The number of alkyl halides is 3. The molecule has 13 heteroatoms. The first-order chi connectivity index (χ1) is 17.5. The number of nitrogens with zero attached hydrogens (tertiary/aromatic N) is 4. The summed E-state index contributed by atoms with van der Waals surface area (Å²) in [5.74, 6) is -4.02. The van der Waals surface area contributed by atoms with E-state index in [0.717, 1.165) is 4.90 Å². The topological polar surface area (TPSA) is 127 Å². The molecule has 2 aromatic heterocycles. The van der Waals surface area contributed by atoms with Gasteiger partial charge < -0.3 is 20.1 Å². The average Bonchev–Trinajstić information content (AvgIpc) is 3.45. The second-order valence-electron chi connectivity index (χ2n) is 9.26. The number of carbonyl (C=O) groups is 3. The number of likely N-dealkylation sites (tertiary alicyclic amines) is 1. The molecule has 10 nitrogen and oxygen atoms in total. The van der Waals surface area contributed by atoms with Crippen LogP contribution in [-0.4, -0.2) is 74.5 Å². The Morgan fingerprint density at radius 2 is 1.84 bits per heavy atom. The number of aromatic nitrogens is 3. The molecule has 1 aliphatic carbocycles. The van der Waals surface area contributed by atoms with Crippen LogP contribution in [0, 0.1) is 0 Å². The van der Waals surface area contributed by atoms with Crippen molar-refractivity contribution in [3.63, 3.8) is 0 Å². The molecule has 3 aromatic rings. The molecule has 3 heterocycles. The number of rotatable bonds is 5. The molecule has 5 rings (SSSR count). The SMILES string of the molecule is COc1ccc(C2(C(=O)N3C[C@H](F)C[C@@H]3C(=O)Nc3ccc4c(cnn4C(=O)O)n3)CC(F)(F)C2)cc1. The van der Waals surface area contributed by atoms with Crippen LogP contribution >= 0.6 is 0 Å². The number of amides is 2. The van der Waals surface area contributed by atoms with Crippen LogP contribution in [0.5, 0.6) is 5.75 Å². The van der Waals surface area contributed by atoms with E-state index in [1.54, 1.807) is 12.1 Å². The smallest absolute Gasteiger partial charge is 0.432 e. The summed E-state index contributed by atoms with van der Waals surface area (Å²) in [7, 11) is 1.45. The summed E-state index contributed by atoms with van der Waals surface area (Å²) < 4.78 is 48.6. The van der Waals surface area contributed by atoms with Crippen molar-refractivity contribution in [1.29, 1.82) is 0 Å². The van der Waals surface area contributed by atoms with Crippen molar-refractivity contribution in [3.05, 3.63) is 48.2 Å². The molecule has 0 radical (unpaired) electrons. The van der Waals surface area contributed by atoms with Gasteiger partial charge in [0.1, 0.15) is 29.3 Å². The number of methoxy groups -OCH3 is 1. The Morgan fingerprint density at radius 1 is 1.14 bits per heavy atom. The lowest BCUT2D eigenvalue weighted by molar-refractivity contribution is -0.169. The molecule has 2 fully saturated rings. The van der Waals surface area contributed by atoms with Gasteiger partial charge in [0.2, 0.25) is 11.8 Å². The summed E-state index contributed by atoms with van der Waals surface area (Å²) in [4.78, 5) is 43.2. The van der Waals surface area contributed by atoms with Crippen LogP contribution in [0.2, 0.25) is 0 Å². The second-order valence-corrected chi connectivity index (χ2v) is 9.26. The van der Waals surface area contributed by atoms with Crippen LogP contribution in [0.25, 0.3) is 11.0 Å². The largest absolute Gasteiger partial charge is 0.497 e. The Bertz CT molecular complexity index is 1390. The molecular weight excluding hydrogens is 495 g/mol. The van der Waals surface area contributed by atoms with Gasteiger partial charge in [0.15, 0.2) is 0 Å². The molecule has 37 heavy (non-hydrogen) atoms. The van der Waals surface area contributed by atoms with Crippen molar-refractivity contribution in [2.45, 2.75) is 42.8 Å². The van der Waals surface area contributed by atoms with Crippen LogP contribution in [0.1, 0.15) is 24.8 Å². The van der Waals surface area contributed by atoms with Gasteiger partial charge >= 0.3 is 6.09 Å². The van der Waals surface area contributed by atoms with Gasteiger partial charge in [0.05, 0.1) is 30.8 Å². The maximum absolute atomic E-state index is 14.5. The third-order valence-electron chi connectivity index (χ3n) is 6.84. The summed E-state index contributed by atoms with van der Waals surface area (Å²) in [6.07, 6.45) is -3.42. The molecule has 1 aliphatic heterocycles. The Balaban J connectivity index is 1.40. The Kier molecular flexibility index (Phi) is 5.80. The molecule has 2 atom stereocenters. The normalized spacial score (nSPS) is 21.9. The molecule has 0 spiro atoms. The third kappa shape index (κ3) is 4.23. The van der Waals surface area contributed by atoms with E-state index in [1.807, 2.05) is 0 Å². The van der Waals surface area contributed by atoms with Crippen molar-refractivity contribution in [1.82, 2.24) is 19.7 Å². The third-order valence-corrected chi connectivity index (χ3v) is 6.84. The van der Waals surface area contributed by atoms with E-state index in [9.17, 15) is 27.6 Å². The van der Waals surface area contributed by atoms with E-state index in [1.165, 1.54) is 37.6 Å². The summed E-state index contributed by atoms with van der Waals surface area (Å²) in [5, 5.41) is 15.4. The van der Waals surface area contributed by atoms with Crippen LogP contribution in [0.15, 0.2) is 42.6 Å². The average molecular weight is 517 g/mol. The van der Waals surface area contributed by atoms with Crippen LogP contribution in [0.4, 0.5) is 23.8 Å².